The second kappa shape index (κ2) is 11.5. The van der Waals surface area contributed by atoms with Gasteiger partial charge in [0.2, 0.25) is 0 Å². The van der Waals surface area contributed by atoms with Gasteiger partial charge in [0.25, 0.3) is 5.88 Å². The first kappa shape index (κ1) is 24.5. The molecule has 1 aromatic rings. The molecule has 1 N–H and O–H groups in total. The number of nitrogens with one attached hydrogen (secondary N) is 1. The summed E-state index contributed by atoms with van der Waals surface area (Å²) < 4.78 is 17.3. The number of aryl methyl sites for hydroxylation is 1. The highest BCUT2D eigenvalue weighted by Gasteiger charge is 2.22. The van der Waals surface area contributed by atoms with Crippen molar-refractivity contribution in [1.29, 1.82) is 0 Å². The van der Waals surface area contributed by atoms with Gasteiger partial charge in [0.1, 0.15) is 10.2 Å². The van der Waals surface area contributed by atoms with Crippen molar-refractivity contribution in [3.05, 3.63) is 16.2 Å². The minimum absolute atomic E-state index is 0.00619. The quantitative estimate of drug-likeness (QED) is 0.369. The number of aromatic nitrogens is 1. The van der Waals surface area contributed by atoms with E-state index in [1.165, 1.54) is 0 Å². The third kappa shape index (κ3) is 8.67. The molecule has 1 rings (SSSR count). The number of pyridine rings is 1. The van der Waals surface area contributed by atoms with E-state index in [4.69, 9.17) is 14.2 Å². The number of carbonyl (C=O) groups excluding carboxylic acids is 1. The topological polar surface area (TPSA) is 69.7 Å². The van der Waals surface area contributed by atoms with Gasteiger partial charge in [-0.1, -0.05) is 27.2 Å². The normalized spacial score (nSPS) is 12.6. The Balaban J connectivity index is 2.83. The fraction of sp³-hybridized carbons (Fsp3) is 0.714. The molecule has 0 saturated carbocycles. The number of hydrogen-bond donors (Lipinski definition) is 1. The number of halogens is 1. The van der Waals surface area contributed by atoms with E-state index in [1.807, 2.05) is 26.8 Å². The number of unbranched alkanes of at least 4 members (excludes halogenated alkanes) is 1. The Morgan fingerprint density at radius 3 is 2.54 bits per heavy atom. The van der Waals surface area contributed by atoms with Crippen molar-refractivity contribution < 1.29 is 19.0 Å². The molecule has 1 atom stereocenters. The van der Waals surface area contributed by atoms with Crippen LogP contribution in [0.25, 0.3) is 0 Å². The molecule has 1 amide bonds. The molecule has 0 fully saturated rings. The number of rotatable bonds is 10. The molecule has 0 aromatic carbocycles. The van der Waals surface area contributed by atoms with E-state index >= 15 is 0 Å². The molecule has 0 saturated heterocycles. The van der Waals surface area contributed by atoms with Crippen molar-refractivity contribution in [1.82, 2.24) is 10.3 Å². The summed E-state index contributed by atoms with van der Waals surface area (Å²) in [5, 5.41) is 2.99. The summed E-state index contributed by atoms with van der Waals surface area (Å²) in [4.78, 5) is 16.6. The van der Waals surface area contributed by atoms with Gasteiger partial charge in [-0.05, 0) is 73.5 Å². The van der Waals surface area contributed by atoms with Crippen LogP contribution >= 0.6 is 15.9 Å². The Morgan fingerprint density at radius 1 is 1.32 bits per heavy atom. The predicted octanol–water partition coefficient (Wildman–Crippen LogP) is 5.51. The van der Waals surface area contributed by atoms with Gasteiger partial charge in [0, 0.05) is 6.04 Å². The summed E-state index contributed by atoms with van der Waals surface area (Å²) in [6, 6.07) is 1.96. The van der Waals surface area contributed by atoms with Gasteiger partial charge in [-0.2, -0.15) is 0 Å². The lowest BCUT2D eigenvalue weighted by Gasteiger charge is -2.26. The van der Waals surface area contributed by atoms with Gasteiger partial charge < -0.3 is 19.5 Å². The molecule has 0 radical (unpaired) electrons. The summed E-state index contributed by atoms with van der Waals surface area (Å²) in [5.41, 5.74) is 0.503. The zero-order valence-corrected chi connectivity index (χ0v) is 19.8. The molecule has 0 unspecified atom stereocenters. The van der Waals surface area contributed by atoms with Gasteiger partial charge in [-0.25, -0.2) is 9.78 Å². The molecular formula is C21H35BrN2O4. The minimum atomic E-state index is -0.515. The fourth-order valence-electron chi connectivity index (χ4n) is 2.59. The Morgan fingerprint density at radius 2 is 2.00 bits per heavy atom. The lowest BCUT2D eigenvalue weighted by atomic mass is 9.97. The van der Waals surface area contributed by atoms with Crippen LogP contribution in [-0.4, -0.2) is 36.4 Å². The van der Waals surface area contributed by atoms with Crippen LogP contribution in [-0.2, 0) is 11.2 Å². The Kier molecular flexibility index (Phi) is 10.1. The van der Waals surface area contributed by atoms with Crippen LogP contribution in [0.15, 0.2) is 10.7 Å². The number of alkyl carbamates (subject to hydrolysis) is 1. The Hall–Kier alpha value is -1.50. The van der Waals surface area contributed by atoms with E-state index in [1.54, 1.807) is 7.11 Å². The molecule has 0 bridgehead atoms. The molecule has 28 heavy (non-hydrogen) atoms. The van der Waals surface area contributed by atoms with Gasteiger partial charge in [0.15, 0.2) is 5.75 Å². The van der Waals surface area contributed by atoms with Gasteiger partial charge in [-0.3, -0.25) is 0 Å². The molecule has 160 valence electrons. The molecule has 0 aliphatic heterocycles. The standard InChI is InChI=1S/C21H35BrN2O4/c1-8-9-12-27-17-13-15(18(22)24-19(17)26-7)10-11-16(14(2)3)23-20(25)28-21(4,5)6/h13-14,16H,8-12H2,1-7H3,(H,23,25)/t16-/m0/s1. The fourth-order valence-corrected chi connectivity index (χ4v) is 3.06. The average molecular weight is 459 g/mol. The number of amides is 1. The maximum Gasteiger partial charge on any atom is 0.407 e. The van der Waals surface area contributed by atoms with E-state index in [2.05, 4.69) is 47.0 Å². The lowest BCUT2D eigenvalue weighted by Crippen LogP contribution is -2.42. The first-order valence-corrected chi connectivity index (χ1v) is 10.7. The van der Waals surface area contributed by atoms with E-state index in [0.29, 0.717) is 18.2 Å². The first-order valence-electron chi connectivity index (χ1n) is 9.93. The lowest BCUT2D eigenvalue weighted by molar-refractivity contribution is 0.0487. The maximum atomic E-state index is 12.1. The van der Waals surface area contributed by atoms with Gasteiger partial charge >= 0.3 is 6.09 Å². The van der Waals surface area contributed by atoms with Crippen LogP contribution in [0.3, 0.4) is 0 Å². The highest BCUT2D eigenvalue weighted by molar-refractivity contribution is 9.10. The van der Waals surface area contributed by atoms with Crippen LogP contribution in [0.2, 0.25) is 0 Å². The van der Waals surface area contributed by atoms with Crippen molar-refractivity contribution in [2.75, 3.05) is 13.7 Å². The molecule has 0 aliphatic rings. The Labute approximate surface area is 177 Å². The number of ether oxygens (including phenoxy) is 3. The minimum Gasteiger partial charge on any atom is -0.488 e. The molecule has 7 heteroatoms. The molecule has 6 nitrogen and oxygen atoms in total. The smallest absolute Gasteiger partial charge is 0.407 e. The van der Waals surface area contributed by atoms with Crippen molar-refractivity contribution in [3.63, 3.8) is 0 Å². The van der Waals surface area contributed by atoms with E-state index in [-0.39, 0.29) is 18.1 Å². The van der Waals surface area contributed by atoms with Gasteiger partial charge in [0.05, 0.1) is 13.7 Å². The highest BCUT2D eigenvalue weighted by atomic mass is 79.9. The molecule has 1 heterocycles. The van der Waals surface area contributed by atoms with Crippen LogP contribution in [0.4, 0.5) is 4.79 Å². The number of nitrogens with zero attached hydrogens (tertiary/aromatic N) is 1. The molecular weight excluding hydrogens is 424 g/mol. The van der Waals surface area contributed by atoms with Crippen LogP contribution < -0.4 is 14.8 Å². The Bertz CT molecular complexity index is 630. The van der Waals surface area contributed by atoms with Crippen molar-refractivity contribution >= 4 is 22.0 Å². The van der Waals surface area contributed by atoms with Crippen molar-refractivity contribution in [3.8, 4) is 11.6 Å². The summed E-state index contributed by atoms with van der Waals surface area (Å²) in [6.07, 6.45) is 3.15. The molecule has 1 aromatic heterocycles. The maximum absolute atomic E-state index is 12.1. The molecule has 0 aliphatic carbocycles. The molecule has 0 spiro atoms. The number of hydrogen-bond acceptors (Lipinski definition) is 5. The number of carbonyl (C=O) groups is 1. The van der Waals surface area contributed by atoms with E-state index < -0.39 is 5.60 Å². The average Bonchev–Trinajstić information content (AvgIpc) is 2.58. The second-order valence-corrected chi connectivity index (χ2v) is 8.93. The van der Waals surface area contributed by atoms with Crippen molar-refractivity contribution in [2.45, 2.75) is 78.9 Å². The summed E-state index contributed by atoms with van der Waals surface area (Å²) in [5.74, 6) is 1.40. The zero-order chi connectivity index (χ0) is 21.3. The third-order valence-corrected chi connectivity index (χ3v) is 4.85. The van der Waals surface area contributed by atoms with Crippen molar-refractivity contribution in [2.24, 2.45) is 5.92 Å². The van der Waals surface area contributed by atoms with E-state index in [0.717, 1.165) is 35.8 Å². The monoisotopic (exact) mass is 458 g/mol. The SMILES string of the molecule is CCCCOc1cc(CC[C@H](NC(=O)OC(C)(C)C)C(C)C)c(Br)nc1OC. The van der Waals surface area contributed by atoms with Crippen LogP contribution in [0, 0.1) is 5.92 Å². The number of methoxy groups -OCH3 is 1. The van der Waals surface area contributed by atoms with Crippen LogP contribution in [0.1, 0.15) is 66.4 Å². The third-order valence-electron chi connectivity index (χ3n) is 4.16. The highest BCUT2D eigenvalue weighted by Crippen LogP contribution is 2.31. The van der Waals surface area contributed by atoms with E-state index in [9.17, 15) is 4.79 Å². The zero-order valence-electron chi connectivity index (χ0n) is 18.2. The first-order chi connectivity index (χ1) is 13.1. The van der Waals surface area contributed by atoms with Crippen LogP contribution in [0.5, 0.6) is 11.6 Å². The predicted molar refractivity (Wildman–Crippen MR) is 115 cm³/mol. The largest absolute Gasteiger partial charge is 0.488 e. The van der Waals surface area contributed by atoms with Gasteiger partial charge in [-0.15, -0.1) is 0 Å². The summed E-state index contributed by atoms with van der Waals surface area (Å²) in [7, 11) is 1.58. The second-order valence-electron chi connectivity index (χ2n) is 8.18. The summed E-state index contributed by atoms with van der Waals surface area (Å²) >= 11 is 3.52. The summed E-state index contributed by atoms with van der Waals surface area (Å²) in [6.45, 7) is 12.5.